The maximum atomic E-state index is 6.32. The van der Waals surface area contributed by atoms with Gasteiger partial charge in [0.15, 0.2) is 0 Å². The van der Waals surface area contributed by atoms with Gasteiger partial charge < -0.3 is 4.74 Å². The van der Waals surface area contributed by atoms with Crippen LogP contribution in [0.25, 0.3) is 22.0 Å². The third kappa shape index (κ3) is 3.71. The average Bonchev–Trinajstić information content (AvgIpc) is 2.58. The van der Waals surface area contributed by atoms with Crippen LogP contribution in [0.1, 0.15) is 43.5 Å². The van der Waals surface area contributed by atoms with Gasteiger partial charge in [0, 0.05) is 22.2 Å². The molecule has 0 unspecified atom stereocenters. The van der Waals surface area contributed by atoms with Gasteiger partial charge in [0.1, 0.15) is 5.75 Å². The molecule has 0 fully saturated rings. The van der Waals surface area contributed by atoms with Crippen molar-refractivity contribution >= 4 is 22.5 Å². The van der Waals surface area contributed by atoms with Crippen LogP contribution in [-0.2, 0) is 0 Å². The van der Waals surface area contributed by atoms with E-state index in [2.05, 4.69) is 50.9 Å². The second-order valence-corrected chi connectivity index (χ2v) is 7.40. The van der Waals surface area contributed by atoms with E-state index in [4.69, 9.17) is 16.3 Å². The van der Waals surface area contributed by atoms with Gasteiger partial charge in [-0.15, -0.1) is 0 Å². The summed E-state index contributed by atoms with van der Waals surface area (Å²) in [6, 6.07) is 12.5. The number of aryl methyl sites for hydroxylation is 3. The van der Waals surface area contributed by atoms with Gasteiger partial charge in [-0.25, -0.2) is 0 Å². The normalized spacial score (nSPS) is 11.3. The van der Waals surface area contributed by atoms with E-state index >= 15 is 0 Å². The van der Waals surface area contributed by atoms with Crippen LogP contribution >= 0.6 is 11.6 Å². The van der Waals surface area contributed by atoms with Crippen LogP contribution in [0, 0.1) is 20.8 Å². The molecule has 1 aromatic heterocycles. The SMILES string of the molecule is CCC(CC)Oc1cc(C)nc2ccc(-c3c(C)cc(Cl)cc3C)cc12. The summed E-state index contributed by atoms with van der Waals surface area (Å²) < 4.78 is 6.32. The number of halogens is 1. The topological polar surface area (TPSA) is 22.1 Å². The number of hydrogen-bond donors (Lipinski definition) is 0. The lowest BCUT2D eigenvalue weighted by molar-refractivity contribution is 0.195. The van der Waals surface area contributed by atoms with Gasteiger partial charge >= 0.3 is 0 Å². The third-order valence-corrected chi connectivity index (χ3v) is 5.11. The third-order valence-electron chi connectivity index (χ3n) is 4.89. The predicted octanol–water partition coefficient (Wildman–Crippen LogP) is 7.05. The molecular formula is C23H26ClNO. The number of nitrogens with zero attached hydrogens (tertiary/aromatic N) is 1. The van der Waals surface area contributed by atoms with Crippen molar-refractivity contribution in [1.82, 2.24) is 4.98 Å². The Morgan fingerprint density at radius 1 is 0.962 bits per heavy atom. The highest BCUT2D eigenvalue weighted by Crippen LogP contribution is 2.35. The monoisotopic (exact) mass is 367 g/mol. The lowest BCUT2D eigenvalue weighted by Crippen LogP contribution is -2.14. The molecule has 0 saturated heterocycles. The van der Waals surface area contributed by atoms with Gasteiger partial charge in [-0.3, -0.25) is 4.98 Å². The first-order valence-corrected chi connectivity index (χ1v) is 9.65. The van der Waals surface area contributed by atoms with Crippen LogP contribution < -0.4 is 4.74 Å². The van der Waals surface area contributed by atoms with Crippen molar-refractivity contribution in [2.24, 2.45) is 0 Å². The van der Waals surface area contributed by atoms with E-state index in [0.717, 1.165) is 40.2 Å². The molecule has 0 amide bonds. The maximum absolute atomic E-state index is 6.32. The second-order valence-electron chi connectivity index (χ2n) is 6.96. The number of aromatic nitrogens is 1. The molecule has 3 rings (SSSR count). The minimum Gasteiger partial charge on any atom is -0.490 e. The Labute approximate surface area is 161 Å². The summed E-state index contributed by atoms with van der Waals surface area (Å²) in [6.45, 7) is 10.5. The summed E-state index contributed by atoms with van der Waals surface area (Å²) in [7, 11) is 0. The fraction of sp³-hybridized carbons (Fsp3) is 0.348. The fourth-order valence-electron chi connectivity index (χ4n) is 3.57. The van der Waals surface area contributed by atoms with E-state index in [1.165, 1.54) is 22.3 Å². The Hall–Kier alpha value is -2.06. The summed E-state index contributed by atoms with van der Waals surface area (Å²) in [4.78, 5) is 4.69. The van der Waals surface area contributed by atoms with Crippen molar-refractivity contribution in [3.05, 3.63) is 58.2 Å². The minimum atomic E-state index is 0.225. The van der Waals surface area contributed by atoms with Gasteiger partial charge in [0.25, 0.3) is 0 Å². The molecule has 3 aromatic rings. The standard InChI is InChI=1S/C23H26ClNO/c1-6-19(7-2)26-22-12-16(5)25-21-9-8-17(13-20(21)22)23-14(3)10-18(24)11-15(23)4/h8-13,19H,6-7H2,1-5H3. The fourth-order valence-corrected chi connectivity index (χ4v) is 3.90. The molecule has 0 radical (unpaired) electrons. The van der Waals surface area contributed by atoms with Crippen molar-refractivity contribution in [2.45, 2.75) is 53.6 Å². The zero-order valence-electron chi connectivity index (χ0n) is 16.2. The smallest absolute Gasteiger partial charge is 0.130 e. The Morgan fingerprint density at radius 2 is 1.62 bits per heavy atom. The van der Waals surface area contributed by atoms with E-state index in [0.29, 0.717) is 0 Å². The molecule has 2 aromatic carbocycles. The molecule has 2 nitrogen and oxygen atoms in total. The van der Waals surface area contributed by atoms with Crippen LogP contribution in [0.4, 0.5) is 0 Å². The van der Waals surface area contributed by atoms with Gasteiger partial charge in [0.05, 0.1) is 11.6 Å². The number of hydrogen-bond acceptors (Lipinski definition) is 2. The van der Waals surface area contributed by atoms with Crippen LogP contribution in [0.15, 0.2) is 36.4 Å². The highest BCUT2D eigenvalue weighted by atomic mass is 35.5. The van der Waals surface area contributed by atoms with Gasteiger partial charge in [0.2, 0.25) is 0 Å². The lowest BCUT2D eigenvalue weighted by atomic mass is 9.94. The predicted molar refractivity (Wildman–Crippen MR) is 111 cm³/mol. The van der Waals surface area contributed by atoms with Crippen LogP contribution in [0.3, 0.4) is 0 Å². The maximum Gasteiger partial charge on any atom is 0.130 e. The van der Waals surface area contributed by atoms with Crippen LogP contribution in [0.5, 0.6) is 5.75 Å². The molecule has 0 saturated carbocycles. The number of fused-ring (bicyclic) bond motifs is 1. The number of rotatable bonds is 5. The van der Waals surface area contributed by atoms with Crippen LogP contribution in [-0.4, -0.2) is 11.1 Å². The van der Waals surface area contributed by atoms with E-state index in [9.17, 15) is 0 Å². The summed E-state index contributed by atoms with van der Waals surface area (Å²) in [5, 5.41) is 1.84. The molecule has 0 spiro atoms. The van der Waals surface area contributed by atoms with Gasteiger partial charge in [-0.1, -0.05) is 31.5 Å². The molecular weight excluding hydrogens is 342 g/mol. The number of ether oxygens (including phenoxy) is 1. The molecule has 136 valence electrons. The molecule has 3 heteroatoms. The van der Waals surface area contributed by atoms with Crippen molar-refractivity contribution in [3.8, 4) is 16.9 Å². The first-order valence-electron chi connectivity index (χ1n) is 9.28. The quantitative estimate of drug-likeness (QED) is 0.482. The second kappa shape index (κ2) is 7.67. The minimum absolute atomic E-state index is 0.225. The lowest BCUT2D eigenvalue weighted by Gasteiger charge is -2.18. The zero-order chi connectivity index (χ0) is 18.8. The van der Waals surface area contributed by atoms with Crippen molar-refractivity contribution in [2.75, 3.05) is 0 Å². The first kappa shape index (κ1) is 18.7. The van der Waals surface area contributed by atoms with E-state index in [-0.39, 0.29) is 6.10 Å². The Morgan fingerprint density at radius 3 is 2.23 bits per heavy atom. The van der Waals surface area contributed by atoms with Crippen molar-refractivity contribution < 1.29 is 4.74 Å². The van der Waals surface area contributed by atoms with E-state index in [1.54, 1.807) is 0 Å². The highest BCUT2D eigenvalue weighted by molar-refractivity contribution is 6.30. The molecule has 0 atom stereocenters. The summed E-state index contributed by atoms with van der Waals surface area (Å²) in [6.07, 6.45) is 2.21. The molecule has 0 aliphatic heterocycles. The van der Waals surface area contributed by atoms with Gasteiger partial charge in [-0.2, -0.15) is 0 Å². The number of benzene rings is 2. The molecule has 1 heterocycles. The molecule has 0 aliphatic rings. The summed E-state index contributed by atoms with van der Waals surface area (Å²) in [5.41, 5.74) is 6.70. The molecule has 0 N–H and O–H groups in total. The first-order chi connectivity index (χ1) is 12.4. The zero-order valence-corrected chi connectivity index (χ0v) is 16.9. The molecule has 26 heavy (non-hydrogen) atoms. The Bertz CT molecular complexity index is 921. The van der Waals surface area contributed by atoms with E-state index < -0.39 is 0 Å². The molecule has 0 bridgehead atoms. The largest absolute Gasteiger partial charge is 0.490 e. The summed E-state index contributed by atoms with van der Waals surface area (Å²) in [5.74, 6) is 0.923. The average molecular weight is 368 g/mol. The van der Waals surface area contributed by atoms with E-state index in [1.807, 2.05) is 25.1 Å². The van der Waals surface area contributed by atoms with Crippen LogP contribution in [0.2, 0.25) is 5.02 Å². The van der Waals surface area contributed by atoms with Crippen molar-refractivity contribution in [3.63, 3.8) is 0 Å². The highest BCUT2D eigenvalue weighted by Gasteiger charge is 2.13. The molecule has 0 aliphatic carbocycles. The van der Waals surface area contributed by atoms with Crippen molar-refractivity contribution in [1.29, 1.82) is 0 Å². The Kier molecular flexibility index (Phi) is 5.52. The Balaban J connectivity index is 2.18. The summed E-state index contributed by atoms with van der Waals surface area (Å²) >= 11 is 6.21. The number of pyridine rings is 1. The van der Waals surface area contributed by atoms with Gasteiger partial charge in [-0.05, 0) is 80.1 Å².